The molecule has 0 aliphatic carbocycles. The third-order valence-corrected chi connectivity index (χ3v) is 5.44. The number of nitrogens with zero attached hydrogens (tertiary/aromatic N) is 2. The van der Waals surface area contributed by atoms with Crippen molar-refractivity contribution in [1.29, 1.82) is 0 Å². The molecule has 3 aromatic rings. The largest absolute Gasteiger partial charge is 0.328 e. The van der Waals surface area contributed by atoms with Gasteiger partial charge in [-0.15, -0.1) is 11.3 Å². The molecule has 0 aliphatic heterocycles. The molecule has 3 rings (SSSR count). The van der Waals surface area contributed by atoms with Gasteiger partial charge >= 0.3 is 0 Å². The van der Waals surface area contributed by atoms with Crippen LogP contribution in [-0.4, -0.2) is 9.55 Å². The maximum atomic E-state index is 6.34. The molecule has 20 heavy (non-hydrogen) atoms. The van der Waals surface area contributed by atoms with E-state index >= 15 is 0 Å². The van der Waals surface area contributed by atoms with Crippen molar-refractivity contribution in [3.63, 3.8) is 0 Å². The molecular formula is C15H16BrN3S. The van der Waals surface area contributed by atoms with E-state index in [-0.39, 0.29) is 6.04 Å². The Morgan fingerprint density at radius 3 is 2.85 bits per heavy atom. The molecule has 0 fully saturated rings. The third-order valence-electron chi connectivity index (χ3n) is 3.43. The predicted molar refractivity (Wildman–Crippen MR) is 88.1 cm³/mol. The van der Waals surface area contributed by atoms with Crippen molar-refractivity contribution in [2.45, 2.75) is 25.9 Å². The number of thiophene rings is 1. The molecule has 104 valence electrons. The number of benzene rings is 1. The summed E-state index contributed by atoms with van der Waals surface area (Å²) < 4.78 is 3.34. The normalized spacial score (nSPS) is 12.9. The van der Waals surface area contributed by atoms with E-state index in [2.05, 4.69) is 51.0 Å². The van der Waals surface area contributed by atoms with Gasteiger partial charge in [0, 0.05) is 28.4 Å². The van der Waals surface area contributed by atoms with Crippen LogP contribution in [0.15, 0.2) is 40.2 Å². The molecule has 0 aliphatic rings. The Morgan fingerprint density at radius 2 is 2.15 bits per heavy atom. The zero-order valence-corrected chi connectivity index (χ0v) is 13.6. The summed E-state index contributed by atoms with van der Waals surface area (Å²) in [6.07, 6.45) is 0.752. The van der Waals surface area contributed by atoms with Crippen molar-refractivity contribution in [2.24, 2.45) is 5.73 Å². The first-order valence-corrected chi connectivity index (χ1v) is 8.30. The molecule has 0 radical (unpaired) electrons. The van der Waals surface area contributed by atoms with Crippen molar-refractivity contribution in [1.82, 2.24) is 9.55 Å². The van der Waals surface area contributed by atoms with Crippen molar-refractivity contribution in [3.05, 3.63) is 50.9 Å². The van der Waals surface area contributed by atoms with E-state index in [1.54, 1.807) is 11.3 Å². The van der Waals surface area contributed by atoms with Crippen LogP contribution in [0.2, 0.25) is 0 Å². The zero-order chi connectivity index (χ0) is 14.1. The summed E-state index contributed by atoms with van der Waals surface area (Å²) in [6, 6.07) is 10.3. The average molecular weight is 350 g/mol. The molecule has 0 saturated carbocycles. The summed E-state index contributed by atoms with van der Waals surface area (Å²) >= 11 is 5.24. The molecule has 0 saturated heterocycles. The fourth-order valence-electron chi connectivity index (χ4n) is 2.49. The monoisotopic (exact) mass is 349 g/mol. The van der Waals surface area contributed by atoms with Crippen LogP contribution >= 0.6 is 27.3 Å². The Kier molecular flexibility index (Phi) is 3.92. The molecule has 1 atom stereocenters. The number of halogens is 1. The van der Waals surface area contributed by atoms with Crippen LogP contribution in [-0.2, 0) is 13.0 Å². The summed E-state index contributed by atoms with van der Waals surface area (Å²) in [6.45, 7) is 3.05. The molecule has 0 bridgehead atoms. The predicted octanol–water partition coefficient (Wildman–Crippen LogP) is 4.12. The molecule has 5 heteroatoms. The summed E-state index contributed by atoms with van der Waals surface area (Å²) in [5.41, 5.74) is 8.57. The van der Waals surface area contributed by atoms with E-state index in [0.717, 1.165) is 28.8 Å². The van der Waals surface area contributed by atoms with E-state index in [1.165, 1.54) is 10.4 Å². The van der Waals surface area contributed by atoms with Gasteiger partial charge in [-0.1, -0.05) is 12.1 Å². The van der Waals surface area contributed by atoms with Crippen molar-refractivity contribution >= 4 is 38.3 Å². The Balaban J connectivity index is 1.96. The van der Waals surface area contributed by atoms with Crippen LogP contribution in [0.5, 0.6) is 0 Å². The SMILES string of the molecule is CCn1c(CC(N)c2sccc2Br)nc2ccccc21. The number of imidazole rings is 1. The van der Waals surface area contributed by atoms with E-state index in [0.29, 0.717) is 0 Å². The maximum absolute atomic E-state index is 6.34. The molecule has 1 aromatic carbocycles. The van der Waals surface area contributed by atoms with Gasteiger partial charge < -0.3 is 10.3 Å². The van der Waals surface area contributed by atoms with Gasteiger partial charge in [0.05, 0.1) is 11.0 Å². The van der Waals surface area contributed by atoms with Crippen LogP contribution in [0.4, 0.5) is 0 Å². The lowest BCUT2D eigenvalue weighted by Crippen LogP contribution is -2.15. The highest BCUT2D eigenvalue weighted by Crippen LogP contribution is 2.30. The molecule has 3 nitrogen and oxygen atoms in total. The van der Waals surface area contributed by atoms with Crippen LogP contribution in [0.1, 0.15) is 23.7 Å². The van der Waals surface area contributed by atoms with Gasteiger partial charge in [0.15, 0.2) is 0 Å². The second-order valence-corrected chi connectivity index (χ2v) is 6.51. The molecule has 2 aromatic heterocycles. The van der Waals surface area contributed by atoms with Gasteiger partial charge in [0.1, 0.15) is 5.82 Å². The highest BCUT2D eigenvalue weighted by atomic mass is 79.9. The van der Waals surface area contributed by atoms with Gasteiger partial charge in [-0.3, -0.25) is 0 Å². The number of nitrogens with two attached hydrogens (primary N) is 1. The average Bonchev–Trinajstić information content (AvgIpc) is 3.01. The highest BCUT2D eigenvalue weighted by molar-refractivity contribution is 9.10. The van der Waals surface area contributed by atoms with Gasteiger partial charge in [0.25, 0.3) is 0 Å². The van der Waals surface area contributed by atoms with Crippen LogP contribution in [0.25, 0.3) is 11.0 Å². The van der Waals surface area contributed by atoms with Crippen molar-refractivity contribution in [2.75, 3.05) is 0 Å². The van der Waals surface area contributed by atoms with Gasteiger partial charge in [-0.25, -0.2) is 4.98 Å². The molecule has 2 heterocycles. The first kappa shape index (κ1) is 13.8. The van der Waals surface area contributed by atoms with Crippen molar-refractivity contribution < 1.29 is 0 Å². The van der Waals surface area contributed by atoms with E-state index in [1.807, 2.05) is 12.1 Å². The van der Waals surface area contributed by atoms with Crippen LogP contribution in [0, 0.1) is 0 Å². The second kappa shape index (κ2) is 5.68. The maximum Gasteiger partial charge on any atom is 0.111 e. The van der Waals surface area contributed by atoms with E-state index < -0.39 is 0 Å². The quantitative estimate of drug-likeness (QED) is 0.769. The number of rotatable bonds is 4. The number of hydrogen-bond donors (Lipinski definition) is 1. The number of para-hydroxylation sites is 2. The standard InChI is InChI=1S/C15H16BrN3S/c1-2-19-13-6-4-3-5-12(13)18-14(19)9-11(17)15-10(16)7-8-20-15/h3-8,11H,2,9,17H2,1H3. The molecular weight excluding hydrogens is 334 g/mol. The van der Waals surface area contributed by atoms with Crippen LogP contribution < -0.4 is 5.73 Å². The smallest absolute Gasteiger partial charge is 0.111 e. The molecule has 0 spiro atoms. The lowest BCUT2D eigenvalue weighted by molar-refractivity contribution is 0.643. The first-order chi connectivity index (χ1) is 9.70. The Morgan fingerprint density at radius 1 is 1.35 bits per heavy atom. The Hall–Kier alpha value is -1.17. The molecule has 2 N–H and O–H groups in total. The first-order valence-electron chi connectivity index (χ1n) is 6.63. The minimum atomic E-state index is -0.0218. The fraction of sp³-hybridized carbons (Fsp3) is 0.267. The Bertz CT molecular complexity index is 732. The van der Waals surface area contributed by atoms with Crippen molar-refractivity contribution in [3.8, 4) is 0 Å². The topological polar surface area (TPSA) is 43.8 Å². The summed E-state index contributed by atoms with van der Waals surface area (Å²) in [5, 5.41) is 2.06. The Labute approximate surface area is 130 Å². The third kappa shape index (κ3) is 2.41. The highest BCUT2D eigenvalue weighted by Gasteiger charge is 2.16. The lowest BCUT2D eigenvalue weighted by Gasteiger charge is -2.12. The van der Waals surface area contributed by atoms with Crippen LogP contribution in [0.3, 0.4) is 0 Å². The van der Waals surface area contributed by atoms with Gasteiger partial charge in [0.2, 0.25) is 0 Å². The number of aryl methyl sites for hydroxylation is 1. The summed E-state index contributed by atoms with van der Waals surface area (Å²) in [5.74, 6) is 1.06. The number of hydrogen-bond acceptors (Lipinski definition) is 3. The number of fused-ring (bicyclic) bond motifs is 1. The van der Waals surface area contributed by atoms with E-state index in [4.69, 9.17) is 10.7 Å². The van der Waals surface area contributed by atoms with Gasteiger partial charge in [-0.2, -0.15) is 0 Å². The minimum absolute atomic E-state index is 0.0218. The summed E-state index contributed by atoms with van der Waals surface area (Å²) in [4.78, 5) is 5.92. The second-order valence-electron chi connectivity index (χ2n) is 4.70. The molecule has 0 amide bonds. The van der Waals surface area contributed by atoms with E-state index in [9.17, 15) is 0 Å². The lowest BCUT2D eigenvalue weighted by atomic mass is 10.2. The summed E-state index contributed by atoms with van der Waals surface area (Å²) in [7, 11) is 0. The van der Waals surface area contributed by atoms with Gasteiger partial charge in [-0.05, 0) is 46.4 Å². The minimum Gasteiger partial charge on any atom is -0.328 e. The number of aromatic nitrogens is 2. The zero-order valence-electron chi connectivity index (χ0n) is 11.2. The molecule has 1 unspecified atom stereocenters. The fourth-order valence-corrected chi connectivity index (χ4v) is 4.16.